The highest BCUT2D eigenvalue weighted by Gasteiger charge is 2.52. The lowest BCUT2D eigenvalue weighted by atomic mass is 9.49. The number of hydrogen-bond acceptors (Lipinski definition) is 3. The smallest absolute Gasteiger partial charge is 0.223 e. The van der Waals surface area contributed by atoms with Gasteiger partial charge in [-0.2, -0.15) is 0 Å². The number of likely N-dealkylation sites (tertiary alicyclic amines) is 1. The standard InChI is InChI=1S/C21H28N2O2/c24-20(13-21-10-15-7-16(11-21)9-17(8-15)12-21)23-6-4-18(14-23)25-19-3-1-2-5-22-19/h1-3,5,15-18H,4,6-14H2. The van der Waals surface area contributed by atoms with E-state index in [1.807, 2.05) is 23.1 Å². The molecule has 6 rings (SSSR count). The van der Waals surface area contributed by atoms with Gasteiger partial charge in [-0.25, -0.2) is 4.98 Å². The third kappa shape index (κ3) is 3.04. The first-order valence-electron chi connectivity index (χ1n) is 10.0. The maximum absolute atomic E-state index is 13.0. The number of aromatic nitrogens is 1. The Morgan fingerprint density at radius 2 is 1.88 bits per heavy atom. The van der Waals surface area contributed by atoms with E-state index < -0.39 is 0 Å². The van der Waals surface area contributed by atoms with Crippen LogP contribution in [0.1, 0.15) is 51.4 Å². The van der Waals surface area contributed by atoms with Crippen molar-refractivity contribution < 1.29 is 9.53 Å². The van der Waals surface area contributed by atoms with Gasteiger partial charge in [-0.05, 0) is 67.8 Å². The molecule has 4 heteroatoms. The van der Waals surface area contributed by atoms with Crippen molar-refractivity contribution in [3.63, 3.8) is 0 Å². The zero-order chi connectivity index (χ0) is 16.9. The molecular formula is C21H28N2O2. The summed E-state index contributed by atoms with van der Waals surface area (Å²) in [5.74, 6) is 3.78. The lowest BCUT2D eigenvalue weighted by Gasteiger charge is -2.56. The molecule has 1 atom stereocenters. The summed E-state index contributed by atoms with van der Waals surface area (Å²) < 4.78 is 5.94. The Balaban J connectivity index is 1.20. The Kier molecular flexibility index (Phi) is 3.76. The molecule has 4 aliphatic carbocycles. The number of carbonyl (C=O) groups is 1. The molecule has 1 amide bonds. The van der Waals surface area contributed by atoms with Crippen molar-refractivity contribution in [2.24, 2.45) is 23.2 Å². The van der Waals surface area contributed by atoms with E-state index in [1.54, 1.807) is 6.20 Å². The second-order valence-corrected chi connectivity index (χ2v) is 9.13. The fourth-order valence-corrected chi connectivity index (χ4v) is 6.58. The molecule has 1 aromatic heterocycles. The van der Waals surface area contributed by atoms with Crippen LogP contribution in [0.3, 0.4) is 0 Å². The van der Waals surface area contributed by atoms with Gasteiger partial charge in [0, 0.05) is 31.6 Å². The first-order valence-corrected chi connectivity index (χ1v) is 10.0. The van der Waals surface area contributed by atoms with Gasteiger partial charge in [-0.1, -0.05) is 6.07 Å². The van der Waals surface area contributed by atoms with Gasteiger partial charge in [-0.15, -0.1) is 0 Å². The second kappa shape index (κ2) is 6.00. The van der Waals surface area contributed by atoms with Crippen molar-refractivity contribution in [2.45, 2.75) is 57.5 Å². The zero-order valence-corrected chi connectivity index (χ0v) is 14.9. The number of hydrogen-bond donors (Lipinski definition) is 0. The predicted molar refractivity (Wildman–Crippen MR) is 95.1 cm³/mol. The maximum Gasteiger partial charge on any atom is 0.223 e. The molecule has 1 unspecified atom stereocenters. The summed E-state index contributed by atoms with van der Waals surface area (Å²) in [6.45, 7) is 1.56. The molecule has 4 saturated carbocycles. The fraction of sp³-hybridized carbons (Fsp3) is 0.714. The van der Waals surface area contributed by atoms with Crippen LogP contribution in [0.5, 0.6) is 5.88 Å². The molecule has 1 aromatic rings. The quantitative estimate of drug-likeness (QED) is 0.840. The monoisotopic (exact) mass is 340 g/mol. The van der Waals surface area contributed by atoms with Crippen molar-refractivity contribution in [3.8, 4) is 5.88 Å². The Labute approximate surface area is 150 Å². The van der Waals surface area contributed by atoms with Crippen LogP contribution in [0.25, 0.3) is 0 Å². The van der Waals surface area contributed by atoms with E-state index in [9.17, 15) is 4.79 Å². The zero-order valence-electron chi connectivity index (χ0n) is 14.9. The minimum Gasteiger partial charge on any atom is -0.472 e. The highest BCUT2D eigenvalue weighted by atomic mass is 16.5. The van der Waals surface area contributed by atoms with Crippen LogP contribution in [0, 0.1) is 23.2 Å². The third-order valence-corrected chi connectivity index (χ3v) is 7.11. The van der Waals surface area contributed by atoms with E-state index in [0.717, 1.165) is 43.7 Å². The molecule has 1 saturated heterocycles. The first kappa shape index (κ1) is 15.7. The predicted octanol–water partition coefficient (Wildman–Crippen LogP) is 3.67. The average molecular weight is 340 g/mol. The number of rotatable bonds is 4. The molecule has 2 heterocycles. The number of nitrogens with zero attached hydrogens (tertiary/aromatic N) is 2. The largest absolute Gasteiger partial charge is 0.472 e. The second-order valence-electron chi connectivity index (χ2n) is 9.13. The fourth-order valence-electron chi connectivity index (χ4n) is 6.58. The molecule has 1 aliphatic heterocycles. The van der Waals surface area contributed by atoms with E-state index in [-0.39, 0.29) is 6.10 Å². The van der Waals surface area contributed by atoms with Crippen LogP contribution in [0.2, 0.25) is 0 Å². The summed E-state index contributed by atoms with van der Waals surface area (Å²) in [6.07, 6.45) is 11.8. The first-order chi connectivity index (χ1) is 12.2. The third-order valence-electron chi connectivity index (χ3n) is 7.11. The van der Waals surface area contributed by atoms with Crippen molar-refractivity contribution in [1.29, 1.82) is 0 Å². The van der Waals surface area contributed by atoms with Gasteiger partial charge >= 0.3 is 0 Å². The van der Waals surface area contributed by atoms with Gasteiger partial charge in [0.1, 0.15) is 6.10 Å². The highest BCUT2D eigenvalue weighted by Crippen LogP contribution is 2.61. The Bertz CT molecular complexity index is 609. The van der Waals surface area contributed by atoms with Crippen molar-refractivity contribution >= 4 is 5.91 Å². The van der Waals surface area contributed by atoms with Gasteiger partial charge in [-0.3, -0.25) is 4.79 Å². The molecule has 0 N–H and O–H groups in total. The van der Waals surface area contributed by atoms with Crippen LogP contribution in [0.4, 0.5) is 0 Å². The number of carbonyl (C=O) groups excluding carboxylic acids is 1. The van der Waals surface area contributed by atoms with Gasteiger partial charge in [0.15, 0.2) is 0 Å². The van der Waals surface area contributed by atoms with E-state index in [4.69, 9.17) is 4.74 Å². The maximum atomic E-state index is 13.0. The number of pyridine rings is 1. The minimum atomic E-state index is 0.0928. The molecule has 5 aliphatic rings. The SMILES string of the molecule is O=C(CC12CC3CC(CC(C3)C1)C2)N1CCC(Oc2ccccn2)C1. The summed E-state index contributed by atoms with van der Waals surface area (Å²) in [5.41, 5.74) is 0.339. The van der Waals surface area contributed by atoms with Crippen LogP contribution in [-0.4, -0.2) is 35.0 Å². The molecule has 0 radical (unpaired) electrons. The van der Waals surface area contributed by atoms with Crippen molar-refractivity contribution in [1.82, 2.24) is 9.88 Å². The Hall–Kier alpha value is -1.58. The molecular weight excluding hydrogens is 312 g/mol. The summed E-state index contributed by atoms with van der Waals surface area (Å²) in [6, 6.07) is 5.72. The lowest BCUT2D eigenvalue weighted by Crippen LogP contribution is -2.48. The van der Waals surface area contributed by atoms with E-state index >= 15 is 0 Å². The Morgan fingerprint density at radius 1 is 1.16 bits per heavy atom. The molecule has 25 heavy (non-hydrogen) atoms. The van der Waals surface area contributed by atoms with Gasteiger partial charge in [0.2, 0.25) is 11.8 Å². The van der Waals surface area contributed by atoms with Gasteiger partial charge < -0.3 is 9.64 Å². The summed E-state index contributed by atoms with van der Waals surface area (Å²) >= 11 is 0. The normalized spacial score (nSPS) is 39.0. The molecule has 5 fully saturated rings. The van der Waals surface area contributed by atoms with E-state index in [2.05, 4.69) is 4.98 Å². The van der Waals surface area contributed by atoms with Crippen molar-refractivity contribution in [3.05, 3.63) is 24.4 Å². The van der Waals surface area contributed by atoms with Crippen LogP contribution in [-0.2, 0) is 4.79 Å². The van der Waals surface area contributed by atoms with Crippen LogP contribution in [0.15, 0.2) is 24.4 Å². The highest BCUT2D eigenvalue weighted by molar-refractivity contribution is 5.77. The summed E-state index contributed by atoms with van der Waals surface area (Å²) in [4.78, 5) is 19.3. The van der Waals surface area contributed by atoms with Gasteiger partial charge in [0.25, 0.3) is 0 Å². The molecule has 4 nitrogen and oxygen atoms in total. The van der Waals surface area contributed by atoms with Gasteiger partial charge in [0.05, 0.1) is 6.54 Å². The molecule has 4 bridgehead atoms. The molecule has 134 valence electrons. The minimum absolute atomic E-state index is 0.0928. The lowest BCUT2D eigenvalue weighted by molar-refractivity contribution is -0.138. The molecule has 0 spiro atoms. The summed E-state index contributed by atoms with van der Waals surface area (Å²) in [5, 5.41) is 0. The Morgan fingerprint density at radius 3 is 2.52 bits per heavy atom. The van der Waals surface area contributed by atoms with Crippen LogP contribution < -0.4 is 4.74 Å². The van der Waals surface area contributed by atoms with Crippen LogP contribution >= 0.6 is 0 Å². The topological polar surface area (TPSA) is 42.4 Å². The number of amides is 1. The average Bonchev–Trinajstić information content (AvgIpc) is 3.03. The molecule has 0 aromatic carbocycles. The van der Waals surface area contributed by atoms with E-state index in [1.165, 1.54) is 38.5 Å². The number of ether oxygens (including phenoxy) is 1. The van der Waals surface area contributed by atoms with E-state index in [0.29, 0.717) is 17.2 Å². The van der Waals surface area contributed by atoms with Crippen molar-refractivity contribution in [2.75, 3.05) is 13.1 Å². The summed E-state index contributed by atoms with van der Waals surface area (Å²) in [7, 11) is 0.